The normalized spacial score (nSPS) is 9.62. The van der Waals surface area contributed by atoms with Gasteiger partial charge in [0.2, 0.25) is 5.88 Å². The third-order valence-corrected chi connectivity index (χ3v) is 1.79. The van der Waals surface area contributed by atoms with Crippen molar-refractivity contribution in [1.82, 2.24) is 4.98 Å². The van der Waals surface area contributed by atoms with Crippen molar-refractivity contribution in [3.63, 3.8) is 0 Å². The van der Waals surface area contributed by atoms with E-state index in [4.69, 9.17) is 4.74 Å². The second-order valence-corrected chi connectivity index (χ2v) is 2.77. The van der Waals surface area contributed by atoms with Crippen LogP contribution in [0.5, 0.6) is 5.88 Å². The lowest BCUT2D eigenvalue weighted by Crippen LogP contribution is -1.90. The van der Waals surface area contributed by atoms with Crippen molar-refractivity contribution in [2.24, 2.45) is 0 Å². The monoisotopic (exact) mass is 179 g/mol. The molecule has 0 radical (unpaired) electrons. The minimum atomic E-state index is 0.617. The Balaban J connectivity index is 2.44. The molecule has 0 N–H and O–H groups in total. The molecule has 0 aliphatic heterocycles. The Morgan fingerprint density at radius 2 is 2.38 bits per heavy atom. The maximum atomic E-state index is 10.1. The van der Waals surface area contributed by atoms with Gasteiger partial charge in [-0.25, -0.2) is 4.98 Å². The molecule has 0 fully saturated rings. The van der Waals surface area contributed by atoms with E-state index in [2.05, 4.69) is 4.98 Å². The van der Waals surface area contributed by atoms with Gasteiger partial charge < -0.3 is 9.53 Å². The zero-order chi connectivity index (χ0) is 9.52. The first-order chi connectivity index (χ1) is 6.36. The zero-order valence-electron chi connectivity index (χ0n) is 7.69. The average Bonchev–Trinajstić information content (AvgIpc) is 2.19. The van der Waals surface area contributed by atoms with E-state index in [1.54, 1.807) is 13.3 Å². The van der Waals surface area contributed by atoms with Gasteiger partial charge in [-0.3, -0.25) is 0 Å². The van der Waals surface area contributed by atoms with Gasteiger partial charge in [-0.1, -0.05) is 6.07 Å². The summed E-state index contributed by atoms with van der Waals surface area (Å²) in [5.41, 5.74) is 1.14. The van der Waals surface area contributed by atoms with Crippen LogP contribution >= 0.6 is 0 Å². The van der Waals surface area contributed by atoms with E-state index < -0.39 is 0 Å². The first-order valence-electron chi connectivity index (χ1n) is 4.29. The van der Waals surface area contributed by atoms with E-state index in [0.29, 0.717) is 12.3 Å². The van der Waals surface area contributed by atoms with Crippen LogP contribution in [0.2, 0.25) is 0 Å². The predicted molar refractivity (Wildman–Crippen MR) is 49.8 cm³/mol. The summed E-state index contributed by atoms with van der Waals surface area (Å²) in [6.07, 6.45) is 5.12. The van der Waals surface area contributed by atoms with Crippen molar-refractivity contribution in [3.8, 4) is 5.88 Å². The number of hydrogen-bond donors (Lipinski definition) is 0. The number of nitrogens with zero attached hydrogens (tertiary/aromatic N) is 1. The largest absolute Gasteiger partial charge is 0.481 e. The number of carbonyl (C=O) groups excluding carboxylic acids is 1. The molecule has 13 heavy (non-hydrogen) atoms. The van der Waals surface area contributed by atoms with Gasteiger partial charge in [-0.15, -0.1) is 0 Å². The van der Waals surface area contributed by atoms with Crippen LogP contribution in [0.1, 0.15) is 18.4 Å². The minimum Gasteiger partial charge on any atom is -0.481 e. The molecule has 3 heteroatoms. The summed E-state index contributed by atoms with van der Waals surface area (Å²) in [7, 11) is 1.59. The van der Waals surface area contributed by atoms with Gasteiger partial charge in [0.25, 0.3) is 0 Å². The number of aromatic nitrogens is 1. The Hall–Kier alpha value is -1.38. The van der Waals surface area contributed by atoms with Gasteiger partial charge in [0.1, 0.15) is 6.29 Å². The third-order valence-electron chi connectivity index (χ3n) is 1.79. The summed E-state index contributed by atoms with van der Waals surface area (Å²) < 4.78 is 4.93. The SMILES string of the molecule is COc1ccc(CCCC=O)cn1. The lowest BCUT2D eigenvalue weighted by Gasteiger charge is -2.00. The third kappa shape index (κ3) is 3.23. The summed E-state index contributed by atoms with van der Waals surface area (Å²) in [5.74, 6) is 0.624. The van der Waals surface area contributed by atoms with E-state index in [0.717, 1.165) is 24.7 Å². The molecule has 1 rings (SSSR count). The fraction of sp³-hybridized carbons (Fsp3) is 0.400. The van der Waals surface area contributed by atoms with E-state index >= 15 is 0 Å². The number of ether oxygens (including phenoxy) is 1. The van der Waals surface area contributed by atoms with Crippen molar-refractivity contribution in [3.05, 3.63) is 23.9 Å². The fourth-order valence-corrected chi connectivity index (χ4v) is 1.07. The molecule has 1 aromatic rings. The van der Waals surface area contributed by atoms with Crippen LogP contribution in [-0.4, -0.2) is 18.4 Å². The molecular weight excluding hydrogens is 166 g/mol. The molecule has 0 aromatic carbocycles. The van der Waals surface area contributed by atoms with E-state index in [9.17, 15) is 4.79 Å². The second kappa shape index (κ2) is 5.30. The van der Waals surface area contributed by atoms with Gasteiger partial charge in [-0.2, -0.15) is 0 Å². The number of methoxy groups -OCH3 is 1. The fourth-order valence-electron chi connectivity index (χ4n) is 1.07. The molecule has 0 spiro atoms. The van der Waals surface area contributed by atoms with Crippen LogP contribution in [0.15, 0.2) is 18.3 Å². The van der Waals surface area contributed by atoms with Gasteiger partial charge in [-0.05, 0) is 18.4 Å². The van der Waals surface area contributed by atoms with Crippen LogP contribution in [0, 0.1) is 0 Å². The highest BCUT2D eigenvalue weighted by atomic mass is 16.5. The first-order valence-corrected chi connectivity index (χ1v) is 4.29. The molecule has 0 bridgehead atoms. The maximum Gasteiger partial charge on any atom is 0.212 e. The molecule has 0 aliphatic carbocycles. The molecule has 1 heterocycles. The summed E-state index contributed by atoms with van der Waals surface area (Å²) in [6.45, 7) is 0. The number of aryl methyl sites for hydroxylation is 1. The summed E-state index contributed by atoms with van der Waals surface area (Å²) in [5, 5.41) is 0. The molecule has 0 aliphatic rings. The van der Waals surface area contributed by atoms with Crippen molar-refractivity contribution < 1.29 is 9.53 Å². The summed E-state index contributed by atoms with van der Waals surface area (Å²) in [6, 6.07) is 3.80. The van der Waals surface area contributed by atoms with Crippen LogP contribution in [0.3, 0.4) is 0 Å². The molecule has 0 unspecified atom stereocenters. The first kappa shape index (κ1) is 9.71. The van der Waals surface area contributed by atoms with Crippen LogP contribution in [0.25, 0.3) is 0 Å². The summed E-state index contributed by atoms with van der Waals surface area (Å²) in [4.78, 5) is 14.1. The van der Waals surface area contributed by atoms with E-state index in [-0.39, 0.29) is 0 Å². The standard InChI is InChI=1S/C10H13NO2/c1-13-10-6-5-9(8-11-10)4-2-3-7-12/h5-8H,2-4H2,1H3. The Kier molecular flexibility index (Phi) is 3.96. The Labute approximate surface area is 77.8 Å². The lowest BCUT2D eigenvalue weighted by atomic mass is 10.1. The van der Waals surface area contributed by atoms with Gasteiger partial charge in [0.05, 0.1) is 7.11 Å². The predicted octanol–water partition coefficient (Wildman–Crippen LogP) is 1.61. The molecule has 70 valence electrons. The highest BCUT2D eigenvalue weighted by Gasteiger charge is 1.95. The second-order valence-electron chi connectivity index (χ2n) is 2.77. The molecule has 0 saturated heterocycles. The number of aldehydes is 1. The average molecular weight is 179 g/mol. The van der Waals surface area contributed by atoms with Gasteiger partial charge >= 0.3 is 0 Å². The molecule has 3 nitrogen and oxygen atoms in total. The maximum absolute atomic E-state index is 10.1. The molecule has 0 atom stereocenters. The van der Waals surface area contributed by atoms with Gasteiger partial charge in [0, 0.05) is 18.7 Å². The van der Waals surface area contributed by atoms with E-state index in [1.165, 1.54) is 0 Å². The van der Waals surface area contributed by atoms with Crippen LogP contribution < -0.4 is 4.74 Å². The topological polar surface area (TPSA) is 39.2 Å². The number of carbonyl (C=O) groups is 1. The van der Waals surface area contributed by atoms with Gasteiger partial charge in [0.15, 0.2) is 0 Å². The van der Waals surface area contributed by atoms with Crippen molar-refractivity contribution in [2.45, 2.75) is 19.3 Å². The molecular formula is C10H13NO2. The Bertz CT molecular complexity index is 256. The van der Waals surface area contributed by atoms with E-state index in [1.807, 2.05) is 12.1 Å². The Morgan fingerprint density at radius 1 is 1.54 bits per heavy atom. The van der Waals surface area contributed by atoms with Crippen LogP contribution in [-0.2, 0) is 11.2 Å². The van der Waals surface area contributed by atoms with Crippen molar-refractivity contribution in [2.75, 3.05) is 7.11 Å². The zero-order valence-corrected chi connectivity index (χ0v) is 7.69. The van der Waals surface area contributed by atoms with Crippen molar-refractivity contribution in [1.29, 1.82) is 0 Å². The molecule has 0 amide bonds. The highest BCUT2D eigenvalue weighted by molar-refractivity contribution is 5.49. The minimum absolute atomic E-state index is 0.617. The number of rotatable bonds is 5. The highest BCUT2D eigenvalue weighted by Crippen LogP contribution is 2.08. The Morgan fingerprint density at radius 3 is 2.92 bits per heavy atom. The number of pyridine rings is 1. The number of unbranched alkanes of at least 4 members (excludes halogenated alkanes) is 1. The quantitative estimate of drug-likeness (QED) is 0.509. The molecule has 1 aromatic heterocycles. The lowest BCUT2D eigenvalue weighted by molar-refractivity contribution is -0.107. The van der Waals surface area contributed by atoms with Crippen LogP contribution in [0.4, 0.5) is 0 Å². The summed E-state index contributed by atoms with van der Waals surface area (Å²) >= 11 is 0. The number of hydrogen-bond acceptors (Lipinski definition) is 3. The molecule has 0 saturated carbocycles. The smallest absolute Gasteiger partial charge is 0.212 e. The van der Waals surface area contributed by atoms with Crippen molar-refractivity contribution >= 4 is 6.29 Å².